The number of tetrazole rings is 1. The number of nitrogens with zero attached hydrogens (tertiary/aromatic N) is 7. The van der Waals surface area contributed by atoms with Crippen LogP contribution in [0.15, 0.2) is 36.4 Å². The Morgan fingerprint density at radius 2 is 1.59 bits per heavy atom. The zero-order valence-electron chi connectivity index (χ0n) is 26.7. The Balaban J connectivity index is 1.32. The van der Waals surface area contributed by atoms with Crippen molar-refractivity contribution < 1.29 is 14.4 Å². The quantitative estimate of drug-likeness (QED) is 0.388. The van der Waals surface area contributed by atoms with Crippen molar-refractivity contribution in [2.75, 3.05) is 34.7 Å². The summed E-state index contributed by atoms with van der Waals surface area (Å²) in [5.41, 5.74) is 3.91. The third-order valence-corrected chi connectivity index (χ3v) is 10.4. The average Bonchev–Trinajstić information content (AvgIpc) is 3.90. The molecule has 2 aromatic carbocycles. The van der Waals surface area contributed by atoms with Gasteiger partial charge >= 0.3 is 0 Å². The summed E-state index contributed by atoms with van der Waals surface area (Å²) < 4.78 is 0. The SMILES string of the molecule is CN(C)C(=O)c1ccc2c(c1)CCc1cc(C(=O)N(C)C)ccc1C2(CC1(NCC(=O)N2[C@H](C#N)C[C@@H]3C[C@@H]32)CC1)c1nn[nH]n1. The first kappa shape index (κ1) is 30.0. The molecule has 2 N–H and O–H groups in total. The Morgan fingerprint density at radius 3 is 2.09 bits per heavy atom. The number of carbonyl (C=O) groups excluding carboxylic acids is 3. The van der Waals surface area contributed by atoms with Crippen LogP contribution in [0.4, 0.5) is 0 Å². The first-order valence-electron chi connectivity index (χ1n) is 16.0. The van der Waals surface area contributed by atoms with Crippen molar-refractivity contribution in [1.29, 1.82) is 5.26 Å². The minimum atomic E-state index is -0.884. The topological polar surface area (TPSA) is 151 Å². The molecule has 2 saturated carbocycles. The number of carbonyl (C=O) groups is 3. The van der Waals surface area contributed by atoms with Gasteiger partial charge < -0.3 is 20.0 Å². The minimum absolute atomic E-state index is 0.0308. The normalized spacial score (nSPS) is 22.8. The smallest absolute Gasteiger partial charge is 0.253 e. The van der Waals surface area contributed by atoms with E-state index >= 15 is 0 Å². The summed E-state index contributed by atoms with van der Waals surface area (Å²) in [6, 6.07) is 13.9. The molecule has 1 aromatic heterocycles. The summed E-state index contributed by atoms with van der Waals surface area (Å²) in [7, 11) is 6.96. The number of hydrogen-bond donors (Lipinski definition) is 2. The second kappa shape index (κ2) is 11.0. The fraction of sp³-hybridized carbons (Fsp3) is 0.500. The molecule has 3 fully saturated rings. The number of piperidine rings is 1. The zero-order chi connectivity index (χ0) is 32.4. The number of rotatable bonds is 8. The maximum Gasteiger partial charge on any atom is 0.253 e. The predicted octanol–water partition coefficient (Wildman–Crippen LogP) is 2.06. The van der Waals surface area contributed by atoms with Gasteiger partial charge in [0.15, 0.2) is 5.82 Å². The Kier molecular flexibility index (Phi) is 7.20. The maximum atomic E-state index is 13.5. The van der Waals surface area contributed by atoms with Crippen LogP contribution >= 0.6 is 0 Å². The Labute approximate surface area is 268 Å². The van der Waals surface area contributed by atoms with Crippen LogP contribution < -0.4 is 5.32 Å². The number of nitriles is 1. The molecule has 12 heteroatoms. The second-order valence-corrected chi connectivity index (χ2v) is 13.8. The van der Waals surface area contributed by atoms with Crippen LogP contribution in [0.3, 0.4) is 0 Å². The summed E-state index contributed by atoms with van der Waals surface area (Å²) in [5.74, 6) is 0.764. The summed E-state index contributed by atoms with van der Waals surface area (Å²) in [4.78, 5) is 44.5. The number of benzene rings is 2. The summed E-state index contributed by atoms with van der Waals surface area (Å²) in [6.07, 6.45) is 5.31. The van der Waals surface area contributed by atoms with Gasteiger partial charge in [-0.2, -0.15) is 10.5 Å². The first-order valence-corrected chi connectivity index (χ1v) is 16.0. The van der Waals surface area contributed by atoms with Crippen molar-refractivity contribution in [3.63, 3.8) is 0 Å². The van der Waals surface area contributed by atoms with Crippen molar-refractivity contribution in [3.8, 4) is 6.07 Å². The van der Waals surface area contributed by atoms with Crippen LogP contribution in [0.25, 0.3) is 0 Å². The molecule has 238 valence electrons. The standard InChI is InChI=1S/C34H39N9O3/c1-41(2)30(45)22-7-9-26-20(13-22)5-6-21-14-23(31(46)42(3)4)8-10-27(21)34(26,32-37-39-40-38-32)19-33(11-12-33)36-18-29(44)43-25(17-35)15-24-16-28(24)43/h7-10,13-14,24-25,28,36H,5-6,11-12,15-16,18-19H2,1-4H3,(H,37,38,39,40)/t24-,25+,28+/m1/s1. The van der Waals surface area contributed by atoms with E-state index in [4.69, 9.17) is 0 Å². The van der Waals surface area contributed by atoms with E-state index in [9.17, 15) is 19.6 Å². The number of fused-ring (bicyclic) bond motifs is 3. The van der Waals surface area contributed by atoms with Gasteiger partial charge in [-0.25, -0.2) is 0 Å². The lowest BCUT2D eigenvalue weighted by Crippen LogP contribution is -2.48. The van der Waals surface area contributed by atoms with E-state index < -0.39 is 11.0 Å². The molecule has 2 heterocycles. The van der Waals surface area contributed by atoms with E-state index in [1.807, 2.05) is 36.4 Å². The highest BCUT2D eigenvalue weighted by Gasteiger charge is 2.57. The van der Waals surface area contributed by atoms with Gasteiger partial charge in [0.1, 0.15) is 6.04 Å². The van der Waals surface area contributed by atoms with E-state index in [2.05, 4.69) is 32.0 Å². The van der Waals surface area contributed by atoms with Crippen LogP contribution in [0.1, 0.15) is 80.9 Å². The van der Waals surface area contributed by atoms with Gasteiger partial charge in [-0.3, -0.25) is 14.4 Å². The predicted molar refractivity (Wildman–Crippen MR) is 168 cm³/mol. The molecule has 3 aromatic rings. The molecule has 0 radical (unpaired) electrons. The van der Waals surface area contributed by atoms with Crippen molar-refractivity contribution in [3.05, 3.63) is 75.6 Å². The van der Waals surface area contributed by atoms with Crippen molar-refractivity contribution >= 4 is 17.7 Å². The molecule has 46 heavy (non-hydrogen) atoms. The van der Waals surface area contributed by atoms with E-state index in [1.165, 1.54) is 0 Å². The Bertz CT molecular complexity index is 1680. The van der Waals surface area contributed by atoms with Gasteiger partial charge in [-0.1, -0.05) is 17.3 Å². The van der Waals surface area contributed by atoms with Crippen LogP contribution in [-0.2, 0) is 23.1 Å². The number of hydrogen-bond acceptors (Lipinski definition) is 8. The number of aryl methyl sites for hydroxylation is 2. The average molecular weight is 622 g/mol. The molecule has 0 bridgehead atoms. The van der Waals surface area contributed by atoms with Crippen molar-refractivity contribution in [1.82, 2.24) is 40.6 Å². The van der Waals surface area contributed by atoms with Crippen LogP contribution in [0.5, 0.6) is 0 Å². The molecule has 3 amide bonds. The van der Waals surface area contributed by atoms with Gasteiger partial charge in [0, 0.05) is 50.9 Å². The van der Waals surface area contributed by atoms with Gasteiger partial charge in [-0.05, 0) is 97.4 Å². The fourth-order valence-electron chi connectivity index (χ4n) is 7.84. The third-order valence-electron chi connectivity index (χ3n) is 10.4. The van der Waals surface area contributed by atoms with Crippen molar-refractivity contribution in [2.24, 2.45) is 5.92 Å². The lowest BCUT2D eigenvalue weighted by Gasteiger charge is -2.38. The molecular formula is C34H39N9O3. The van der Waals surface area contributed by atoms with E-state index in [0.717, 1.165) is 47.9 Å². The van der Waals surface area contributed by atoms with Crippen LogP contribution in [-0.4, -0.2) is 105 Å². The van der Waals surface area contributed by atoms with Gasteiger partial charge in [0.2, 0.25) is 5.91 Å². The third kappa shape index (κ3) is 4.94. The highest BCUT2D eigenvalue weighted by molar-refractivity contribution is 5.95. The molecule has 12 nitrogen and oxygen atoms in total. The van der Waals surface area contributed by atoms with E-state index in [1.54, 1.807) is 42.9 Å². The largest absolute Gasteiger partial charge is 0.345 e. The maximum absolute atomic E-state index is 13.5. The molecule has 3 aliphatic carbocycles. The lowest BCUT2D eigenvalue weighted by atomic mass is 9.67. The van der Waals surface area contributed by atoms with Crippen LogP contribution in [0.2, 0.25) is 0 Å². The molecule has 7 rings (SSSR count). The summed E-state index contributed by atoms with van der Waals surface area (Å²) in [6.45, 7) is 0.149. The van der Waals surface area contributed by atoms with E-state index in [0.29, 0.717) is 42.1 Å². The molecule has 4 aliphatic rings. The molecular weight excluding hydrogens is 582 g/mol. The number of nitrogens with one attached hydrogen (secondary N) is 2. The van der Waals surface area contributed by atoms with E-state index in [-0.39, 0.29) is 36.3 Å². The number of amides is 3. The number of aromatic amines is 1. The fourth-order valence-corrected chi connectivity index (χ4v) is 7.84. The highest BCUT2D eigenvalue weighted by atomic mass is 16.2. The van der Waals surface area contributed by atoms with Crippen molar-refractivity contribution in [2.45, 2.75) is 68.0 Å². The number of aromatic nitrogens is 4. The lowest BCUT2D eigenvalue weighted by molar-refractivity contribution is -0.131. The zero-order valence-corrected chi connectivity index (χ0v) is 26.7. The molecule has 0 spiro atoms. The monoisotopic (exact) mass is 621 g/mol. The highest BCUT2D eigenvalue weighted by Crippen LogP contribution is 2.54. The second-order valence-electron chi connectivity index (χ2n) is 13.8. The Hall–Kier alpha value is -4.63. The first-order chi connectivity index (χ1) is 22.1. The molecule has 3 atom stereocenters. The minimum Gasteiger partial charge on any atom is -0.345 e. The number of likely N-dealkylation sites (tertiary alicyclic amines) is 1. The van der Waals surface area contributed by atoms with Gasteiger partial charge in [0.05, 0.1) is 18.0 Å². The number of H-pyrrole nitrogens is 1. The Morgan fingerprint density at radius 1 is 0.978 bits per heavy atom. The molecule has 0 unspecified atom stereocenters. The van der Waals surface area contributed by atoms with Crippen LogP contribution in [0, 0.1) is 17.2 Å². The summed E-state index contributed by atoms with van der Waals surface area (Å²) >= 11 is 0. The molecule has 1 aliphatic heterocycles. The van der Waals surface area contributed by atoms with Gasteiger partial charge in [-0.15, -0.1) is 10.2 Å². The van der Waals surface area contributed by atoms with Gasteiger partial charge in [0.25, 0.3) is 11.8 Å². The summed E-state index contributed by atoms with van der Waals surface area (Å²) in [5, 5.41) is 29.1. The molecule has 1 saturated heterocycles.